The number of amides is 1. The van der Waals surface area contributed by atoms with Crippen molar-refractivity contribution in [3.8, 4) is 6.07 Å². The van der Waals surface area contributed by atoms with E-state index in [4.69, 9.17) is 5.26 Å². The van der Waals surface area contributed by atoms with Crippen LogP contribution in [0, 0.1) is 11.3 Å². The Morgan fingerprint density at radius 2 is 1.87 bits per heavy atom. The Labute approximate surface area is 136 Å². The first-order chi connectivity index (χ1) is 11.2. The summed E-state index contributed by atoms with van der Waals surface area (Å²) in [5.41, 5.74) is 2.99. The zero-order valence-electron chi connectivity index (χ0n) is 13.1. The third-order valence-corrected chi connectivity index (χ3v) is 4.18. The van der Waals surface area contributed by atoms with E-state index in [2.05, 4.69) is 23.1 Å². The standard InChI is InChI=1S/C19H19N3O/c1-21(13-16-9-7-15(12-20)8-10-16)14-22-18(11-19(22)23)17-5-3-2-4-6-17/h2-10,18H,11,13-14H2,1H3. The number of nitriles is 1. The number of benzene rings is 2. The SMILES string of the molecule is CN(Cc1ccc(C#N)cc1)CN1C(=O)CC1c1ccccc1. The van der Waals surface area contributed by atoms with E-state index in [0.717, 1.165) is 12.1 Å². The highest BCUT2D eigenvalue weighted by Crippen LogP contribution is 2.34. The molecule has 116 valence electrons. The second-order valence-electron chi connectivity index (χ2n) is 5.96. The number of carbonyl (C=O) groups excluding carboxylic acids is 1. The second-order valence-corrected chi connectivity index (χ2v) is 5.96. The van der Waals surface area contributed by atoms with Crippen LogP contribution < -0.4 is 0 Å². The van der Waals surface area contributed by atoms with Gasteiger partial charge in [0.25, 0.3) is 0 Å². The van der Waals surface area contributed by atoms with Crippen LogP contribution in [0.5, 0.6) is 0 Å². The first-order valence-corrected chi connectivity index (χ1v) is 7.69. The van der Waals surface area contributed by atoms with Crippen molar-refractivity contribution in [3.63, 3.8) is 0 Å². The summed E-state index contributed by atoms with van der Waals surface area (Å²) in [5, 5.41) is 8.83. The van der Waals surface area contributed by atoms with Gasteiger partial charge in [-0.05, 0) is 30.3 Å². The summed E-state index contributed by atoms with van der Waals surface area (Å²) in [6.45, 7) is 1.36. The molecular weight excluding hydrogens is 286 g/mol. The summed E-state index contributed by atoms with van der Waals surface area (Å²) in [6.07, 6.45) is 0.592. The van der Waals surface area contributed by atoms with Crippen LogP contribution in [-0.4, -0.2) is 29.4 Å². The van der Waals surface area contributed by atoms with E-state index in [9.17, 15) is 4.79 Å². The lowest BCUT2D eigenvalue weighted by Crippen LogP contribution is -2.50. The molecule has 0 saturated carbocycles. The van der Waals surface area contributed by atoms with E-state index in [0.29, 0.717) is 18.7 Å². The molecule has 4 heteroatoms. The third kappa shape index (κ3) is 3.41. The van der Waals surface area contributed by atoms with Crippen molar-refractivity contribution < 1.29 is 4.79 Å². The second kappa shape index (κ2) is 6.64. The number of likely N-dealkylation sites (tertiary alicyclic amines) is 1. The summed E-state index contributed by atoms with van der Waals surface area (Å²) in [5.74, 6) is 0.200. The normalized spacial score (nSPS) is 17.0. The first kappa shape index (κ1) is 15.3. The Bertz CT molecular complexity index is 719. The third-order valence-electron chi connectivity index (χ3n) is 4.18. The van der Waals surface area contributed by atoms with Gasteiger partial charge < -0.3 is 4.90 Å². The topological polar surface area (TPSA) is 47.3 Å². The van der Waals surface area contributed by atoms with Crippen molar-refractivity contribution >= 4 is 5.91 Å². The fourth-order valence-electron chi connectivity index (χ4n) is 2.91. The maximum Gasteiger partial charge on any atom is 0.226 e. The Kier molecular flexibility index (Phi) is 4.40. The zero-order valence-corrected chi connectivity index (χ0v) is 13.1. The van der Waals surface area contributed by atoms with Crippen molar-refractivity contribution in [1.82, 2.24) is 9.80 Å². The van der Waals surface area contributed by atoms with Crippen LogP contribution in [0.25, 0.3) is 0 Å². The molecule has 1 heterocycles. The Morgan fingerprint density at radius 1 is 1.17 bits per heavy atom. The van der Waals surface area contributed by atoms with Gasteiger partial charge in [-0.2, -0.15) is 5.26 Å². The smallest absolute Gasteiger partial charge is 0.226 e. The van der Waals surface area contributed by atoms with Crippen LogP contribution in [0.15, 0.2) is 54.6 Å². The Hall–Kier alpha value is -2.64. The van der Waals surface area contributed by atoms with Gasteiger partial charge in [0, 0.05) is 6.54 Å². The molecule has 3 rings (SSSR count). The maximum atomic E-state index is 11.9. The highest BCUT2D eigenvalue weighted by molar-refractivity contribution is 5.83. The molecule has 0 aromatic heterocycles. The summed E-state index contributed by atoms with van der Waals surface area (Å²) >= 11 is 0. The number of β-lactam (4-membered cyclic amide) rings is 1. The molecule has 1 fully saturated rings. The molecule has 0 radical (unpaired) electrons. The molecule has 1 amide bonds. The average Bonchev–Trinajstić information content (AvgIpc) is 2.59. The van der Waals surface area contributed by atoms with E-state index in [1.165, 1.54) is 5.56 Å². The molecule has 0 bridgehead atoms. The molecule has 1 saturated heterocycles. The Morgan fingerprint density at radius 3 is 2.48 bits per heavy atom. The van der Waals surface area contributed by atoms with Gasteiger partial charge in [-0.3, -0.25) is 9.69 Å². The summed E-state index contributed by atoms with van der Waals surface area (Å²) in [4.78, 5) is 16.0. The summed E-state index contributed by atoms with van der Waals surface area (Å²) in [6, 6.07) is 20.0. The van der Waals surface area contributed by atoms with E-state index in [1.807, 2.05) is 54.4 Å². The van der Waals surface area contributed by atoms with E-state index >= 15 is 0 Å². The fraction of sp³-hybridized carbons (Fsp3) is 0.263. The van der Waals surface area contributed by atoms with Crippen LogP contribution >= 0.6 is 0 Å². The van der Waals surface area contributed by atoms with Crippen LogP contribution in [0.4, 0.5) is 0 Å². The molecule has 0 aliphatic carbocycles. The molecule has 0 N–H and O–H groups in total. The highest BCUT2D eigenvalue weighted by atomic mass is 16.2. The van der Waals surface area contributed by atoms with Crippen molar-refractivity contribution in [2.45, 2.75) is 19.0 Å². The van der Waals surface area contributed by atoms with E-state index in [-0.39, 0.29) is 11.9 Å². The van der Waals surface area contributed by atoms with Crippen molar-refractivity contribution in [3.05, 3.63) is 71.3 Å². The summed E-state index contributed by atoms with van der Waals surface area (Å²) < 4.78 is 0. The van der Waals surface area contributed by atoms with E-state index < -0.39 is 0 Å². The molecule has 2 aromatic rings. The minimum absolute atomic E-state index is 0.187. The maximum absolute atomic E-state index is 11.9. The lowest BCUT2D eigenvalue weighted by atomic mass is 9.94. The largest absolute Gasteiger partial charge is 0.322 e. The molecule has 1 unspecified atom stereocenters. The Balaban J connectivity index is 1.61. The van der Waals surface area contributed by atoms with Gasteiger partial charge in [0.05, 0.1) is 30.8 Å². The number of nitrogens with zero attached hydrogens (tertiary/aromatic N) is 3. The van der Waals surface area contributed by atoms with Crippen LogP contribution in [-0.2, 0) is 11.3 Å². The van der Waals surface area contributed by atoms with Gasteiger partial charge in [0.2, 0.25) is 5.91 Å². The lowest BCUT2D eigenvalue weighted by molar-refractivity contribution is -0.149. The molecule has 1 atom stereocenters. The zero-order chi connectivity index (χ0) is 16.2. The minimum Gasteiger partial charge on any atom is -0.322 e. The number of hydrogen-bond donors (Lipinski definition) is 0. The van der Waals surface area contributed by atoms with Crippen LogP contribution in [0.2, 0.25) is 0 Å². The van der Waals surface area contributed by atoms with Gasteiger partial charge in [-0.15, -0.1) is 0 Å². The number of rotatable bonds is 5. The number of hydrogen-bond acceptors (Lipinski definition) is 3. The molecule has 4 nitrogen and oxygen atoms in total. The van der Waals surface area contributed by atoms with Gasteiger partial charge >= 0.3 is 0 Å². The predicted molar refractivity (Wildman–Crippen MR) is 88.1 cm³/mol. The van der Waals surface area contributed by atoms with Gasteiger partial charge in [0.15, 0.2) is 0 Å². The van der Waals surface area contributed by atoms with Gasteiger partial charge in [-0.25, -0.2) is 0 Å². The van der Waals surface area contributed by atoms with Crippen molar-refractivity contribution in [1.29, 1.82) is 5.26 Å². The quantitative estimate of drug-likeness (QED) is 0.798. The molecular formula is C19H19N3O. The van der Waals surface area contributed by atoms with Crippen molar-refractivity contribution in [2.24, 2.45) is 0 Å². The molecule has 2 aromatic carbocycles. The molecule has 1 aliphatic rings. The monoisotopic (exact) mass is 305 g/mol. The minimum atomic E-state index is 0.187. The average molecular weight is 305 g/mol. The summed E-state index contributed by atoms with van der Waals surface area (Å²) in [7, 11) is 2.01. The molecule has 23 heavy (non-hydrogen) atoms. The van der Waals surface area contributed by atoms with Crippen molar-refractivity contribution in [2.75, 3.05) is 13.7 Å². The lowest BCUT2D eigenvalue weighted by Gasteiger charge is -2.42. The fourth-order valence-corrected chi connectivity index (χ4v) is 2.91. The van der Waals surface area contributed by atoms with Gasteiger partial charge in [0.1, 0.15) is 0 Å². The van der Waals surface area contributed by atoms with Gasteiger partial charge in [-0.1, -0.05) is 42.5 Å². The molecule has 0 spiro atoms. The van der Waals surface area contributed by atoms with E-state index in [1.54, 1.807) is 0 Å². The number of carbonyl (C=O) groups is 1. The van der Waals surface area contributed by atoms with Crippen LogP contribution in [0.3, 0.4) is 0 Å². The molecule has 1 aliphatic heterocycles. The van der Waals surface area contributed by atoms with Crippen LogP contribution in [0.1, 0.15) is 29.2 Å². The predicted octanol–water partition coefficient (Wildman–Crippen LogP) is 2.92. The highest BCUT2D eigenvalue weighted by Gasteiger charge is 2.37. The first-order valence-electron chi connectivity index (χ1n) is 7.69.